The zero-order chi connectivity index (χ0) is 29.2. The van der Waals surface area contributed by atoms with Gasteiger partial charge in [-0.3, -0.25) is 23.7 Å². The molecule has 0 aliphatic heterocycles. The highest BCUT2D eigenvalue weighted by atomic mass is 35.5. The first-order valence-corrected chi connectivity index (χ1v) is 13.7. The largest absolute Gasteiger partial charge is 0.387 e. The Morgan fingerprint density at radius 3 is 2.67 bits per heavy atom. The molecule has 0 spiro atoms. The summed E-state index contributed by atoms with van der Waals surface area (Å²) in [5.41, 5.74) is 5.90. The van der Waals surface area contributed by atoms with E-state index in [9.17, 15) is 23.6 Å². The number of amidine groups is 1. The first-order chi connectivity index (χ1) is 19.1. The number of carbonyl (C=O) groups is 3. The smallest absolute Gasteiger partial charge is 0.294 e. The van der Waals surface area contributed by atoms with Gasteiger partial charge in [0.2, 0.25) is 5.91 Å². The van der Waals surface area contributed by atoms with Crippen LogP contribution in [0.2, 0.25) is 5.02 Å². The van der Waals surface area contributed by atoms with Crippen molar-refractivity contribution >= 4 is 58.3 Å². The van der Waals surface area contributed by atoms with E-state index in [1.165, 1.54) is 53.8 Å². The first kappa shape index (κ1) is 30.5. The number of benzene rings is 2. The molecule has 10 nitrogen and oxygen atoms in total. The Kier molecular flexibility index (Phi) is 11.0. The Hall–Kier alpha value is -4.03. The Bertz CT molecular complexity index is 1470. The van der Waals surface area contributed by atoms with E-state index in [1.807, 2.05) is 0 Å². The molecular weight excluding hydrogens is 559 g/mol. The molecule has 3 rings (SSSR count). The highest BCUT2D eigenvalue weighted by Gasteiger charge is 2.22. The topological polar surface area (TPSA) is 149 Å². The fraction of sp³-hybridized carbons (Fsp3) is 0.259. The summed E-state index contributed by atoms with van der Waals surface area (Å²) in [5, 5.41) is 5.73. The second-order valence-electron chi connectivity index (χ2n) is 8.63. The Morgan fingerprint density at radius 1 is 1.23 bits per heavy atom. The van der Waals surface area contributed by atoms with E-state index < -0.39 is 29.2 Å². The fourth-order valence-corrected chi connectivity index (χ4v) is 4.89. The molecule has 0 aliphatic rings. The van der Waals surface area contributed by atoms with E-state index in [-0.39, 0.29) is 52.5 Å². The normalized spacial score (nSPS) is 12.1. The minimum atomic E-state index is -0.900. The Labute approximate surface area is 239 Å². The number of aromatic nitrogens is 2. The monoisotopic (exact) mass is 586 g/mol. The van der Waals surface area contributed by atoms with Crippen molar-refractivity contribution in [3.05, 3.63) is 87.2 Å². The Balaban J connectivity index is 1.63. The highest BCUT2D eigenvalue weighted by Crippen LogP contribution is 2.24. The fourth-order valence-electron chi connectivity index (χ4n) is 3.65. The summed E-state index contributed by atoms with van der Waals surface area (Å²) >= 11 is 7.19. The summed E-state index contributed by atoms with van der Waals surface area (Å²) in [4.78, 5) is 58.3. The van der Waals surface area contributed by atoms with Crippen LogP contribution in [0.1, 0.15) is 42.2 Å². The van der Waals surface area contributed by atoms with Crippen molar-refractivity contribution in [3.8, 4) is 0 Å². The number of aliphatic imine (C=N–C) groups is 1. The van der Waals surface area contributed by atoms with Gasteiger partial charge in [0.1, 0.15) is 17.7 Å². The molecule has 0 saturated carbocycles. The molecule has 1 atom stereocenters. The number of halogens is 2. The number of thioether (sulfide) groups is 1. The first-order valence-electron chi connectivity index (χ1n) is 12.2. The maximum Gasteiger partial charge on any atom is 0.294 e. The van der Waals surface area contributed by atoms with Crippen molar-refractivity contribution in [1.82, 2.24) is 14.9 Å². The van der Waals surface area contributed by atoms with Crippen LogP contribution in [0.3, 0.4) is 0 Å². The maximum atomic E-state index is 13.9. The predicted octanol–water partition coefficient (Wildman–Crippen LogP) is 3.87. The van der Waals surface area contributed by atoms with Gasteiger partial charge in [-0.1, -0.05) is 30.7 Å². The van der Waals surface area contributed by atoms with Gasteiger partial charge in [-0.2, -0.15) is 4.99 Å². The van der Waals surface area contributed by atoms with Gasteiger partial charge >= 0.3 is 0 Å². The van der Waals surface area contributed by atoms with E-state index in [4.69, 9.17) is 17.3 Å². The SMILES string of the molecule is CCC(C(=O)NCC(=O)CSCc1c(F)cccc1Cl)n1ccnc(Nc2cccc(C(=O)N=C(C)N)c2)c1=O. The number of rotatable bonds is 12. The molecule has 3 aromatic rings. The number of nitrogens with zero attached hydrogens (tertiary/aromatic N) is 3. The second kappa shape index (κ2) is 14.4. The molecule has 40 heavy (non-hydrogen) atoms. The van der Waals surface area contributed by atoms with Gasteiger partial charge in [0.25, 0.3) is 11.5 Å². The molecule has 2 aromatic carbocycles. The van der Waals surface area contributed by atoms with Crippen LogP contribution in [0.5, 0.6) is 0 Å². The molecule has 0 bridgehead atoms. The van der Waals surface area contributed by atoms with Crippen molar-refractivity contribution in [3.63, 3.8) is 0 Å². The summed E-state index contributed by atoms with van der Waals surface area (Å²) in [7, 11) is 0. The molecule has 2 amide bonds. The van der Waals surface area contributed by atoms with Crippen LogP contribution in [0.15, 0.2) is 64.6 Å². The average Bonchev–Trinajstić information content (AvgIpc) is 2.91. The van der Waals surface area contributed by atoms with Gasteiger partial charge in [-0.25, -0.2) is 9.37 Å². The van der Waals surface area contributed by atoms with E-state index in [0.29, 0.717) is 11.3 Å². The third-order valence-corrected chi connectivity index (χ3v) is 6.95. The van der Waals surface area contributed by atoms with Gasteiger partial charge in [0.05, 0.1) is 12.3 Å². The number of hydrogen-bond acceptors (Lipinski definition) is 7. The van der Waals surface area contributed by atoms with Crippen molar-refractivity contribution in [2.75, 3.05) is 17.6 Å². The van der Waals surface area contributed by atoms with Gasteiger partial charge < -0.3 is 16.4 Å². The molecule has 1 unspecified atom stereocenters. The van der Waals surface area contributed by atoms with Gasteiger partial charge in [0.15, 0.2) is 11.6 Å². The maximum absolute atomic E-state index is 13.9. The van der Waals surface area contributed by atoms with Gasteiger partial charge in [-0.15, -0.1) is 11.8 Å². The Morgan fingerprint density at radius 2 is 1.98 bits per heavy atom. The van der Waals surface area contributed by atoms with E-state index in [1.54, 1.807) is 31.2 Å². The summed E-state index contributed by atoms with van der Waals surface area (Å²) < 4.78 is 15.1. The quantitative estimate of drug-likeness (QED) is 0.214. The van der Waals surface area contributed by atoms with Gasteiger partial charge in [-0.05, 0) is 43.7 Å². The third kappa shape index (κ3) is 8.23. The van der Waals surface area contributed by atoms with Crippen molar-refractivity contribution in [2.24, 2.45) is 10.7 Å². The van der Waals surface area contributed by atoms with Crippen molar-refractivity contribution in [1.29, 1.82) is 0 Å². The van der Waals surface area contributed by atoms with Gasteiger partial charge in [0, 0.05) is 40.0 Å². The lowest BCUT2D eigenvalue weighted by Crippen LogP contribution is -2.39. The molecule has 1 heterocycles. The second-order valence-corrected chi connectivity index (χ2v) is 10.0. The predicted molar refractivity (Wildman–Crippen MR) is 155 cm³/mol. The molecule has 0 fully saturated rings. The average molecular weight is 587 g/mol. The minimum Gasteiger partial charge on any atom is -0.387 e. The number of nitrogens with one attached hydrogen (secondary N) is 2. The summed E-state index contributed by atoms with van der Waals surface area (Å²) in [6.45, 7) is 2.98. The molecular formula is C27H28ClFN6O4S. The highest BCUT2D eigenvalue weighted by molar-refractivity contribution is 7.99. The van der Waals surface area contributed by atoms with Crippen LogP contribution in [0.25, 0.3) is 0 Å². The van der Waals surface area contributed by atoms with Crippen LogP contribution >= 0.6 is 23.4 Å². The van der Waals surface area contributed by atoms with Crippen LogP contribution in [-0.4, -0.2) is 45.3 Å². The number of anilines is 2. The molecule has 0 aliphatic carbocycles. The van der Waals surface area contributed by atoms with Crippen molar-refractivity contribution < 1.29 is 18.8 Å². The number of carbonyl (C=O) groups excluding carboxylic acids is 3. The minimum absolute atomic E-state index is 0.0444. The molecule has 4 N–H and O–H groups in total. The van der Waals surface area contributed by atoms with Crippen molar-refractivity contribution in [2.45, 2.75) is 32.1 Å². The lowest BCUT2D eigenvalue weighted by molar-refractivity contribution is -0.127. The number of ketones is 1. The number of Topliss-reactive ketones (excluding diaryl/α,β-unsaturated/α-hetero) is 1. The summed E-state index contributed by atoms with van der Waals surface area (Å²) in [6, 6.07) is 9.79. The van der Waals surface area contributed by atoms with E-state index in [2.05, 4.69) is 20.6 Å². The molecule has 0 radical (unpaired) electrons. The van der Waals surface area contributed by atoms with Crippen LogP contribution in [0.4, 0.5) is 15.9 Å². The van der Waals surface area contributed by atoms with Crippen LogP contribution in [0, 0.1) is 5.82 Å². The number of nitrogens with two attached hydrogens (primary N) is 1. The standard InChI is InChI=1S/C27H28ClFN6O4S/c1-3-23(26(38)32-13-19(36)14-40-15-20-21(28)8-5-9-22(20)29)35-11-10-31-24(27(35)39)34-18-7-4-6-17(12-18)25(37)33-16(2)30/h4-12,23H,3,13-15H2,1-2H3,(H,31,34)(H,32,38)(H2,30,33,37). The molecule has 13 heteroatoms. The summed E-state index contributed by atoms with van der Waals surface area (Å²) in [6.07, 6.45) is 3.02. The molecule has 0 saturated heterocycles. The van der Waals surface area contributed by atoms with Crippen LogP contribution in [-0.2, 0) is 15.3 Å². The third-order valence-electron chi connectivity index (χ3n) is 5.57. The number of hydrogen-bond donors (Lipinski definition) is 3. The van der Waals surface area contributed by atoms with Crippen LogP contribution < -0.4 is 21.9 Å². The summed E-state index contributed by atoms with van der Waals surface area (Å²) in [5.74, 6) is -1.45. The zero-order valence-corrected chi connectivity index (χ0v) is 23.4. The number of amides is 2. The van der Waals surface area contributed by atoms with E-state index in [0.717, 1.165) is 0 Å². The molecule has 210 valence electrons. The molecule has 1 aromatic heterocycles. The lowest BCUT2D eigenvalue weighted by atomic mass is 10.2. The lowest BCUT2D eigenvalue weighted by Gasteiger charge is -2.18. The van der Waals surface area contributed by atoms with E-state index >= 15 is 0 Å². The zero-order valence-electron chi connectivity index (χ0n) is 21.8.